The molecule has 21 heavy (non-hydrogen) atoms. The molecule has 0 saturated carbocycles. The van der Waals surface area contributed by atoms with Crippen LogP contribution in [0.15, 0.2) is 36.4 Å². The van der Waals surface area contributed by atoms with Gasteiger partial charge in [0.15, 0.2) is 5.78 Å². The van der Waals surface area contributed by atoms with Gasteiger partial charge in [0.25, 0.3) is 0 Å². The van der Waals surface area contributed by atoms with Crippen molar-refractivity contribution >= 4 is 23.1 Å². The fourth-order valence-electron chi connectivity index (χ4n) is 2.03. The number of para-hydroxylation sites is 1. The van der Waals surface area contributed by atoms with E-state index in [0.717, 1.165) is 5.56 Å². The summed E-state index contributed by atoms with van der Waals surface area (Å²) in [4.78, 5) is 12.7. The Morgan fingerprint density at radius 1 is 1.19 bits per heavy atom. The van der Waals surface area contributed by atoms with E-state index in [1.54, 1.807) is 36.4 Å². The summed E-state index contributed by atoms with van der Waals surface area (Å²) in [5, 5.41) is 0.531. The molecule has 2 rings (SSSR count). The highest BCUT2D eigenvalue weighted by Gasteiger charge is 2.19. The van der Waals surface area contributed by atoms with Crippen molar-refractivity contribution < 1.29 is 9.53 Å². The van der Waals surface area contributed by atoms with E-state index in [1.165, 1.54) is 0 Å². The number of ketones is 1. The van der Waals surface area contributed by atoms with Gasteiger partial charge in [0.05, 0.1) is 11.7 Å². The summed E-state index contributed by atoms with van der Waals surface area (Å²) in [5.41, 5.74) is 8.07. The van der Waals surface area contributed by atoms with E-state index in [1.807, 2.05) is 20.8 Å². The highest BCUT2D eigenvalue weighted by Crippen LogP contribution is 2.30. The van der Waals surface area contributed by atoms with Crippen LogP contribution in [0.2, 0.25) is 5.02 Å². The zero-order valence-corrected chi connectivity index (χ0v) is 13.1. The number of anilines is 1. The number of carbonyl (C=O) groups is 1. The molecule has 3 nitrogen and oxygen atoms in total. The van der Waals surface area contributed by atoms with Crippen molar-refractivity contribution in [3.05, 3.63) is 58.1 Å². The smallest absolute Gasteiger partial charge is 0.198 e. The van der Waals surface area contributed by atoms with Crippen LogP contribution in [0.1, 0.15) is 35.3 Å². The zero-order valence-electron chi connectivity index (χ0n) is 12.3. The van der Waals surface area contributed by atoms with Gasteiger partial charge in [-0.25, -0.2) is 0 Å². The van der Waals surface area contributed by atoms with E-state index in [9.17, 15) is 4.79 Å². The largest absolute Gasteiger partial charge is 0.490 e. The summed E-state index contributed by atoms with van der Waals surface area (Å²) < 4.78 is 5.74. The van der Waals surface area contributed by atoms with E-state index in [0.29, 0.717) is 27.6 Å². The lowest BCUT2D eigenvalue weighted by atomic mass is 9.99. The maximum Gasteiger partial charge on any atom is 0.198 e. The molecule has 0 saturated heterocycles. The number of hydrogen-bond acceptors (Lipinski definition) is 3. The Morgan fingerprint density at radius 3 is 2.48 bits per heavy atom. The number of aryl methyl sites for hydroxylation is 1. The fraction of sp³-hybridized carbons (Fsp3) is 0.235. The molecule has 0 aromatic heterocycles. The summed E-state index contributed by atoms with van der Waals surface area (Å²) in [6.07, 6.45) is -0.0368. The molecule has 4 heteroatoms. The third-order valence-corrected chi connectivity index (χ3v) is 3.48. The van der Waals surface area contributed by atoms with Gasteiger partial charge >= 0.3 is 0 Å². The first-order valence-electron chi connectivity index (χ1n) is 6.76. The van der Waals surface area contributed by atoms with Crippen molar-refractivity contribution in [1.29, 1.82) is 0 Å². The topological polar surface area (TPSA) is 52.3 Å². The predicted octanol–water partition coefficient (Wildman–Crippen LogP) is 4.25. The zero-order chi connectivity index (χ0) is 15.6. The van der Waals surface area contributed by atoms with Crippen molar-refractivity contribution in [3.8, 4) is 5.75 Å². The van der Waals surface area contributed by atoms with Gasteiger partial charge in [0.2, 0.25) is 0 Å². The van der Waals surface area contributed by atoms with Crippen LogP contribution in [0, 0.1) is 6.92 Å². The molecule has 110 valence electrons. The van der Waals surface area contributed by atoms with Crippen LogP contribution in [-0.2, 0) is 0 Å². The highest BCUT2D eigenvalue weighted by molar-refractivity contribution is 6.32. The highest BCUT2D eigenvalue weighted by atomic mass is 35.5. The number of halogens is 1. The normalized spacial score (nSPS) is 10.7. The average molecular weight is 304 g/mol. The van der Waals surface area contributed by atoms with Crippen LogP contribution in [0.25, 0.3) is 0 Å². The molecule has 0 unspecified atom stereocenters. The molecule has 0 aliphatic carbocycles. The fourth-order valence-corrected chi connectivity index (χ4v) is 2.20. The molecule has 0 heterocycles. The van der Waals surface area contributed by atoms with Gasteiger partial charge in [-0.1, -0.05) is 23.7 Å². The second-order valence-electron chi connectivity index (χ2n) is 5.18. The molecular weight excluding hydrogens is 286 g/mol. The second kappa shape index (κ2) is 6.19. The first kappa shape index (κ1) is 15.4. The molecule has 0 aliphatic rings. The molecule has 0 amide bonds. The van der Waals surface area contributed by atoms with E-state index < -0.39 is 0 Å². The van der Waals surface area contributed by atoms with Gasteiger partial charge in [-0.3, -0.25) is 4.79 Å². The Morgan fingerprint density at radius 2 is 1.86 bits per heavy atom. The lowest BCUT2D eigenvalue weighted by molar-refractivity contribution is 0.103. The van der Waals surface area contributed by atoms with Crippen molar-refractivity contribution in [2.45, 2.75) is 26.9 Å². The molecule has 2 N–H and O–H groups in total. The Bertz CT molecular complexity index is 680. The minimum Gasteiger partial charge on any atom is -0.490 e. The molecule has 0 atom stereocenters. The third kappa shape index (κ3) is 3.37. The Hall–Kier alpha value is -2.00. The predicted molar refractivity (Wildman–Crippen MR) is 86.2 cm³/mol. The number of carbonyl (C=O) groups excluding carboxylic acids is 1. The van der Waals surface area contributed by atoms with Crippen LogP contribution in [-0.4, -0.2) is 11.9 Å². The maximum absolute atomic E-state index is 12.7. The molecule has 2 aromatic rings. The minimum atomic E-state index is -0.189. The van der Waals surface area contributed by atoms with Gasteiger partial charge in [-0.15, -0.1) is 0 Å². The first-order valence-corrected chi connectivity index (χ1v) is 7.14. The van der Waals surface area contributed by atoms with Gasteiger partial charge in [0, 0.05) is 16.3 Å². The number of nitrogens with two attached hydrogens (primary N) is 1. The Balaban J connectivity index is 2.54. The number of rotatable bonds is 4. The number of benzene rings is 2. The number of nitrogen functional groups attached to an aromatic ring is 1. The molecular formula is C17H18ClNO2. The average Bonchev–Trinajstić information content (AvgIpc) is 2.42. The molecule has 0 radical (unpaired) electrons. The molecule has 0 bridgehead atoms. The summed E-state index contributed by atoms with van der Waals surface area (Å²) >= 11 is 6.15. The van der Waals surface area contributed by atoms with Gasteiger partial charge < -0.3 is 10.5 Å². The van der Waals surface area contributed by atoms with Gasteiger partial charge in [0.1, 0.15) is 5.75 Å². The first-order chi connectivity index (χ1) is 9.90. The third-order valence-electron chi connectivity index (χ3n) is 3.07. The van der Waals surface area contributed by atoms with Crippen LogP contribution in [0.3, 0.4) is 0 Å². The van der Waals surface area contributed by atoms with Crippen LogP contribution in [0.4, 0.5) is 5.69 Å². The summed E-state index contributed by atoms with van der Waals surface area (Å²) in [7, 11) is 0. The number of hydrogen-bond donors (Lipinski definition) is 1. The van der Waals surface area contributed by atoms with E-state index >= 15 is 0 Å². The summed E-state index contributed by atoms with van der Waals surface area (Å²) in [5.74, 6) is 0.339. The lowest BCUT2D eigenvalue weighted by Gasteiger charge is -2.16. The van der Waals surface area contributed by atoms with E-state index in [-0.39, 0.29) is 11.9 Å². The van der Waals surface area contributed by atoms with E-state index in [4.69, 9.17) is 22.1 Å². The standard InChI is InChI=1S/C17H18ClNO2/c1-10(2)21-16-8-11(3)14(18)9-13(16)17(20)12-6-4-5-7-15(12)19/h4-10H,19H2,1-3H3. The Kier molecular flexibility index (Phi) is 4.53. The van der Waals surface area contributed by atoms with Gasteiger partial charge in [-0.05, 0) is 50.6 Å². The Labute approximate surface area is 129 Å². The van der Waals surface area contributed by atoms with Crippen LogP contribution in [0.5, 0.6) is 5.75 Å². The van der Waals surface area contributed by atoms with Crippen molar-refractivity contribution in [2.75, 3.05) is 5.73 Å². The van der Waals surface area contributed by atoms with Crippen molar-refractivity contribution in [1.82, 2.24) is 0 Å². The molecule has 2 aromatic carbocycles. The quantitative estimate of drug-likeness (QED) is 0.678. The van der Waals surface area contributed by atoms with Gasteiger partial charge in [-0.2, -0.15) is 0 Å². The van der Waals surface area contributed by atoms with Crippen LogP contribution < -0.4 is 10.5 Å². The summed E-state index contributed by atoms with van der Waals surface area (Å²) in [6.45, 7) is 5.70. The molecule has 0 spiro atoms. The number of ether oxygens (including phenoxy) is 1. The second-order valence-corrected chi connectivity index (χ2v) is 5.59. The minimum absolute atomic E-state index is 0.0368. The maximum atomic E-state index is 12.7. The van der Waals surface area contributed by atoms with E-state index in [2.05, 4.69) is 0 Å². The van der Waals surface area contributed by atoms with Crippen molar-refractivity contribution in [3.63, 3.8) is 0 Å². The van der Waals surface area contributed by atoms with Crippen molar-refractivity contribution in [2.24, 2.45) is 0 Å². The molecule has 0 fully saturated rings. The summed E-state index contributed by atoms with van der Waals surface area (Å²) in [6, 6.07) is 10.4. The lowest BCUT2D eigenvalue weighted by Crippen LogP contribution is -2.12. The molecule has 0 aliphatic heterocycles. The SMILES string of the molecule is Cc1cc(OC(C)C)c(C(=O)c2ccccc2N)cc1Cl. The monoisotopic (exact) mass is 303 g/mol. The van der Waals surface area contributed by atoms with Crippen LogP contribution >= 0.6 is 11.6 Å².